The van der Waals surface area contributed by atoms with Crippen molar-refractivity contribution in [3.63, 3.8) is 0 Å². The van der Waals surface area contributed by atoms with Crippen molar-refractivity contribution >= 4 is 6.09 Å². The lowest BCUT2D eigenvalue weighted by Gasteiger charge is -2.63. The number of methoxy groups -OCH3 is 1. The summed E-state index contributed by atoms with van der Waals surface area (Å²) in [6, 6.07) is 0. The van der Waals surface area contributed by atoms with Crippen molar-refractivity contribution in [2.45, 2.75) is 148 Å². The van der Waals surface area contributed by atoms with Crippen molar-refractivity contribution < 1.29 is 34.0 Å². The summed E-state index contributed by atoms with van der Waals surface area (Å²) in [6.07, 6.45) is 4.72. The van der Waals surface area contributed by atoms with Crippen LogP contribution in [0.5, 0.6) is 0 Å². The van der Waals surface area contributed by atoms with Crippen LogP contribution in [0.15, 0.2) is 0 Å². The summed E-state index contributed by atoms with van der Waals surface area (Å²) in [5.41, 5.74) is 5.81. The Morgan fingerprint density at radius 1 is 1.08 bits per heavy atom. The molecule has 0 aromatic rings. The van der Waals surface area contributed by atoms with Crippen molar-refractivity contribution in [3.8, 4) is 0 Å². The lowest BCUT2D eigenvalue weighted by Crippen LogP contribution is -2.70. The zero-order valence-electron chi connectivity index (χ0n) is 31.8. The average Bonchev–Trinajstić information content (AvgIpc) is 3.48. The predicted molar refractivity (Wildman–Crippen MR) is 187 cm³/mol. The molecule has 14 unspecified atom stereocenters. The van der Waals surface area contributed by atoms with Gasteiger partial charge in [0.1, 0.15) is 12.2 Å². The number of nitrogens with one attached hydrogen (secondary N) is 1. The van der Waals surface area contributed by atoms with E-state index in [1.807, 2.05) is 6.92 Å². The van der Waals surface area contributed by atoms with Crippen LogP contribution in [0, 0.1) is 51.2 Å². The van der Waals surface area contributed by atoms with Crippen LogP contribution in [-0.4, -0.2) is 109 Å². The third-order valence-electron chi connectivity index (χ3n) is 16.5. The van der Waals surface area contributed by atoms with Gasteiger partial charge in [-0.3, -0.25) is 4.90 Å². The van der Waals surface area contributed by atoms with E-state index in [1.54, 1.807) is 21.0 Å². The van der Waals surface area contributed by atoms with Crippen molar-refractivity contribution in [2.24, 2.45) is 57.0 Å². The Hall–Kier alpha value is -1.01. The van der Waals surface area contributed by atoms with Gasteiger partial charge in [0.15, 0.2) is 0 Å². The fourth-order valence-electron chi connectivity index (χ4n) is 14.4. The molecule has 7 aliphatic rings. The maximum absolute atomic E-state index is 13.0. The van der Waals surface area contributed by atoms with Crippen LogP contribution in [0.4, 0.5) is 4.79 Å². The molecule has 7 rings (SSSR count). The largest absolute Gasteiger partial charge is 0.446 e. The van der Waals surface area contributed by atoms with E-state index in [2.05, 4.69) is 44.8 Å². The van der Waals surface area contributed by atoms with Crippen LogP contribution in [0.1, 0.15) is 100 Å². The van der Waals surface area contributed by atoms with Crippen LogP contribution in [0.2, 0.25) is 0 Å². The molecule has 7 fully saturated rings. The molecule has 49 heavy (non-hydrogen) atoms. The number of hydrogen-bond donors (Lipinski definition) is 4. The topological polar surface area (TPSA) is 136 Å². The van der Waals surface area contributed by atoms with E-state index in [4.69, 9.17) is 24.7 Å². The predicted octanol–water partition coefficient (Wildman–Crippen LogP) is 4.34. The summed E-state index contributed by atoms with van der Waals surface area (Å²) in [5, 5.41) is 26.6. The third-order valence-corrected chi connectivity index (χ3v) is 16.5. The van der Waals surface area contributed by atoms with Gasteiger partial charge in [0.2, 0.25) is 0 Å². The zero-order valence-corrected chi connectivity index (χ0v) is 31.8. The highest BCUT2D eigenvalue weighted by molar-refractivity contribution is 5.67. The minimum atomic E-state index is -1.06. The number of nitrogens with two attached hydrogens (primary N) is 1. The Kier molecular flexibility index (Phi) is 8.91. The molecule has 2 spiro atoms. The molecule has 5 aliphatic carbocycles. The fraction of sp³-hybridized carbons (Fsp3) is 0.974. The van der Waals surface area contributed by atoms with E-state index in [1.165, 1.54) is 0 Å². The maximum atomic E-state index is 13.0. The first-order valence-corrected chi connectivity index (χ1v) is 19.6. The Morgan fingerprint density at radius 3 is 2.41 bits per heavy atom. The molecule has 1 amide bonds. The Morgan fingerprint density at radius 2 is 1.76 bits per heavy atom. The molecule has 0 aromatic heterocycles. The van der Waals surface area contributed by atoms with Gasteiger partial charge in [-0.2, -0.15) is 0 Å². The first-order valence-electron chi connectivity index (χ1n) is 19.6. The highest BCUT2D eigenvalue weighted by Gasteiger charge is 2.88. The first-order chi connectivity index (χ1) is 22.9. The normalized spacial score (nSPS) is 49.3. The minimum Gasteiger partial charge on any atom is -0.446 e. The number of hydrogen-bond acceptors (Lipinski definition) is 9. The van der Waals surface area contributed by atoms with Crippen molar-refractivity contribution in [1.82, 2.24) is 10.2 Å². The fourth-order valence-corrected chi connectivity index (χ4v) is 14.4. The Labute approximate surface area is 294 Å². The zero-order chi connectivity index (χ0) is 35.5. The molecule has 10 nitrogen and oxygen atoms in total. The number of aliphatic hydroxyl groups excluding tert-OH is 1. The van der Waals surface area contributed by atoms with Gasteiger partial charge < -0.3 is 40.2 Å². The molecule has 10 heteroatoms. The van der Waals surface area contributed by atoms with Gasteiger partial charge >= 0.3 is 6.09 Å². The minimum absolute atomic E-state index is 0.0734. The number of likely N-dealkylation sites (tertiary alicyclic amines) is 1. The lowest BCUT2D eigenvalue weighted by atomic mass is 9.43. The van der Waals surface area contributed by atoms with Crippen LogP contribution >= 0.6 is 0 Å². The molecule has 0 bridgehead atoms. The molecule has 0 aromatic carbocycles. The van der Waals surface area contributed by atoms with Gasteiger partial charge in [-0.05, 0) is 112 Å². The molecule has 14 atom stereocenters. The summed E-state index contributed by atoms with van der Waals surface area (Å²) in [6.45, 7) is 21.0. The highest BCUT2D eigenvalue weighted by atomic mass is 16.6. The molecule has 0 radical (unpaired) electrons. The summed E-state index contributed by atoms with van der Waals surface area (Å²) in [5.74, 6) is 1.56. The van der Waals surface area contributed by atoms with Gasteiger partial charge in [-0.1, -0.05) is 34.6 Å². The SMILES string of the molecule is CCOC(C1CC(C)C2C(O1)C(O)C1(N)C3CCC4C(C)(C)C(OC(=O)NCCN5CC(OC)C5)CCC45C(C)C35CCC21C)C(C)(C)O. The molecule has 5 N–H and O–H groups in total. The third kappa shape index (κ3) is 4.85. The highest BCUT2D eigenvalue weighted by Crippen LogP contribution is 2.90. The van der Waals surface area contributed by atoms with E-state index in [0.717, 1.165) is 64.6 Å². The second-order valence-electron chi connectivity index (χ2n) is 19.0. The van der Waals surface area contributed by atoms with Crippen LogP contribution < -0.4 is 11.1 Å². The Balaban J connectivity index is 1.08. The van der Waals surface area contributed by atoms with Crippen molar-refractivity contribution in [1.29, 1.82) is 0 Å². The quantitative estimate of drug-likeness (QED) is 0.279. The first kappa shape index (κ1) is 36.4. The summed E-state index contributed by atoms with van der Waals surface area (Å²) in [7, 11) is 1.75. The smallest absolute Gasteiger partial charge is 0.407 e. The number of fused-ring (bicyclic) bond motifs is 4. The molecular formula is C39H67N3O7. The number of amides is 1. The van der Waals surface area contributed by atoms with E-state index in [-0.39, 0.29) is 63.8 Å². The molecule has 2 aliphatic heterocycles. The number of alkyl carbamates (subject to hydrolysis) is 1. The van der Waals surface area contributed by atoms with Gasteiger partial charge in [0, 0.05) is 45.3 Å². The number of ether oxygens (including phenoxy) is 4. The van der Waals surface area contributed by atoms with Gasteiger partial charge in [0.05, 0.1) is 35.6 Å². The monoisotopic (exact) mass is 689 g/mol. The van der Waals surface area contributed by atoms with Gasteiger partial charge in [-0.15, -0.1) is 0 Å². The number of aliphatic hydroxyl groups is 2. The molecular weight excluding hydrogens is 622 g/mol. The molecule has 280 valence electrons. The van der Waals surface area contributed by atoms with E-state index in [9.17, 15) is 15.0 Å². The number of nitrogens with zero attached hydrogens (tertiary/aromatic N) is 1. The number of rotatable bonds is 9. The van der Waals surface area contributed by atoms with Gasteiger partial charge in [-0.25, -0.2) is 4.79 Å². The summed E-state index contributed by atoms with van der Waals surface area (Å²) in [4.78, 5) is 15.3. The average molecular weight is 690 g/mol. The van der Waals surface area contributed by atoms with E-state index in [0.29, 0.717) is 31.1 Å². The molecule has 2 heterocycles. The number of carbonyl (C=O) groups is 1. The lowest BCUT2D eigenvalue weighted by molar-refractivity contribution is -0.214. The molecule has 5 saturated carbocycles. The maximum Gasteiger partial charge on any atom is 0.407 e. The van der Waals surface area contributed by atoms with Crippen molar-refractivity contribution in [3.05, 3.63) is 0 Å². The van der Waals surface area contributed by atoms with E-state index >= 15 is 0 Å². The van der Waals surface area contributed by atoms with Gasteiger partial charge in [0.25, 0.3) is 0 Å². The van der Waals surface area contributed by atoms with Crippen molar-refractivity contribution in [2.75, 3.05) is 39.9 Å². The standard InChI is InChI=1S/C39H67N3O7/c1-10-47-32(35(6,7)45)25-19-22(2)29-30(48-25)31(43)39(40)27-12-11-26-34(4,5)28(49-33(44)41-17-18-42-20-24(21-42)46-9)13-14-37(26)23(3)38(27,37)16-15-36(29,39)8/h22-32,43,45H,10-21,40H2,1-9H3,(H,41,44). The second kappa shape index (κ2) is 12.0. The van der Waals surface area contributed by atoms with E-state index < -0.39 is 23.3 Å². The van der Waals surface area contributed by atoms with Crippen LogP contribution in [-0.2, 0) is 18.9 Å². The number of carbonyl (C=O) groups excluding carboxylic acids is 1. The molecule has 2 saturated heterocycles. The summed E-state index contributed by atoms with van der Waals surface area (Å²) < 4.78 is 24.6. The van der Waals surface area contributed by atoms with Crippen LogP contribution in [0.25, 0.3) is 0 Å². The van der Waals surface area contributed by atoms with Crippen LogP contribution in [0.3, 0.4) is 0 Å². The summed E-state index contributed by atoms with van der Waals surface area (Å²) >= 11 is 0. The second-order valence-corrected chi connectivity index (χ2v) is 19.0. The Bertz CT molecular complexity index is 1270.